The van der Waals surface area contributed by atoms with Crippen LogP contribution in [0.15, 0.2) is 36.9 Å². The highest BCUT2D eigenvalue weighted by Gasteiger charge is 2.19. The van der Waals surface area contributed by atoms with E-state index in [1.807, 2.05) is 24.3 Å². The molecule has 0 radical (unpaired) electrons. The van der Waals surface area contributed by atoms with Gasteiger partial charge in [-0.1, -0.05) is 18.2 Å². The molecule has 0 spiro atoms. The molecule has 1 aromatic carbocycles. The number of carbonyl (C=O) groups is 1. The molecule has 0 aliphatic carbocycles. The van der Waals surface area contributed by atoms with Gasteiger partial charge in [0.05, 0.1) is 17.6 Å². The first-order valence-electron chi connectivity index (χ1n) is 8.06. The predicted octanol–water partition coefficient (Wildman–Crippen LogP) is 1.38. The van der Waals surface area contributed by atoms with Gasteiger partial charge in [-0.2, -0.15) is 0 Å². The van der Waals surface area contributed by atoms with Gasteiger partial charge in [0, 0.05) is 32.7 Å². The standard InChI is InChI=1S/C17H23N5O/c1-2-8-18-16(23)13-21-9-5-10-22(12-11-21)17-19-14-6-3-4-7-15(14)20-17/h2-4,6-7H,1,5,8-13H2,(H,18,23)(H,19,20). The van der Waals surface area contributed by atoms with Crippen LogP contribution in [0.5, 0.6) is 0 Å². The van der Waals surface area contributed by atoms with Gasteiger partial charge in [0.25, 0.3) is 0 Å². The molecule has 3 rings (SSSR count). The highest BCUT2D eigenvalue weighted by atomic mass is 16.2. The summed E-state index contributed by atoms with van der Waals surface area (Å²) in [7, 11) is 0. The van der Waals surface area contributed by atoms with E-state index in [4.69, 9.17) is 0 Å². The SMILES string of the molecule is C=CCNC(=O)CN1CCCN(c2nc3ccccc3[nH]2)CC1. The molecule has 2 heterocycles. The maximum atomic E-state index is 11.8. The molecule has 2 N–H and O–H groups in total. The number of amides is 1. The zero-order chi connectivity index (χ0) is 16.1. The van der Waals surface area contributed by atoms with E-state index in [-0.39, 0.29) is 5.91 Å². The second-order valence-electron chi connectivity index (χ2n) is 5.79. The molecule has 0 bridgehead atoms. The van der Waals surface area contributed by atoms with Crippen LogP contribution in [0.1, 0.15) is 6.42 Å². The van der Waals surface area contributed by atoms with Crippen LogP contribution in [-0.2, 0) is 4.79 Å². The third-order valence-corrected chi connectivity index (χ3v) is 4.08. The normalized spacial score (nSPS) is 16.3. The van der Waals surface area contributed by atoms with Crippen molar-refractivity contribution in [2.24, 2.45) is 0 Å². The Kier molecular flexibility index (Phi) is 4.92. The first-order valence-corrected chi connectivity index (χ1v) is 8.06. The number of aromatic amines is 1. The molecule has 23 heavy (non-hydrogen) atoms. The molecule has 0 unspecified atom stereocenters. The van der Waals surface area contributed by atoms with E-state index in [1.165, 1.54) is 0 Å². The Bertz CT molecular complexity index is 647. The largest absolute Gasteiger partial charge is 0.352 e. The van der Waals surface area contributed by atoms with Gasteiger partial charge in [0.1, 0.15) is 0 Å². The van der Waals surface area contributed by atoms with Crippen molar-refractivity contribution in [3.63, 3.8) is 0 Å². The number of hydrogen-bond acceptors (Lipinski definition) is 4. The fourth-order valence-electron chi connectivity index (χ4n) is 2.87. The molecule has 1 aliphatic heterocycles. The van der Waals surface area contributed by atoms with Gasteiger partial charge < -0.3 is 15.2 Å². The van der Waals surface area contributed by atoms with E-state index in [9.17, 15) is 4.79 Å². The summed E-state index contributed by atoms with van der Waals surface area (Å²) in [5, 5.41) is 2.83. The molecule has 1 aromatic heterocycles. The van der Waals surface area contributed by atoms with Gasteiger partial charge >= 0.3 is 0 Å². The van der Waals surface area contributed by atoms with E-state index in [0.29, 0.717) is 13.1 Å². The molecule has 0 saturated carbocycles. The lowest BCUT2D eigenvalue weighted by Crippen LogP contribution is -2.39. The molecule has 1 amide bonds. The smallest absolute Gasteiger partial charge is 0.234 e. The molecule has 2 aromatic rings. The summed E-state index contributed by atoms with van der Waals surface area (Å²) >= 11 is 0. The van der Waals surface area contributed by atoms with Crippen molar-refractivity contribution in [1.82, 2.24) is 20.2 Å². The van der Waals surface area contributed by atoms with Crippen LogP contribution < -0.4 is 10.2 Å². The first kappa shape index (κ1) is 15.6. The fourth-order valence-corrected chi connectivity index (χ4v) is 2.87. The monoisotopic (exact) mass is 313 g/mol. The Balaban J connectivity index is 1.59. The third kappa shape index (κ3) is 3.90. The minimum absolute atomic E-state index is 0.0575. The molecule has 1 saturated heterocycles. The number of hydrogen-bond donors (Lipinski definition) is 2. The number of benzene rings is 1. The number of nitrogens with one attached hydrogen (secondary N) is 2. The maximum absolute atomic E-state index is 11.8. The van der Waals surface area contributed by atoms with E-state index < -0.39 is 0 Å². The summed E-state index contributed by atoms with van der Waals surface area (Å²) < 4.78 is 0. The highest BCUT2D eigenvalue weighted by Crippen LogP contribution is 2.18. The lowest BCUT2D eigenvalue weighted by Gasteiger charge is -2.21. The van der Waals surface area contributed by atoms with Crippen molar-refractivity contribution in [2.75, 3.05) is 44.2 Å². The minimum Gasteiger partial charge on any atom is -0.352 e. The third-order valence-electron chi connectivity index (χ3n) is 4.08. The van der Waals surface area contributed by atoms with Gasteiger partial charge in [-0.05, 0) is 18.6 Å². The van der Waals surface area contributed by atoms with Crippen LogP contribution >= 0.6 is 0 Å². The Morgan fingerprint density at radius 3 is 3.00 bits per heavy atom. The molecule has 1 fully saturated rings. The van der Waals surface area contributed by atoms with Gasteiger partial charge in [-0.3, -0.25) is 9.69 Å². The molecule has 6 heteroatoms. The summed E-state index contributed by atoms with van der Waals surface area (Å²) in [4.78, 5) is 24.3. The summed E-state index contributed by atoms with van der Waals surface area (Å²) in [6.07, 6.45) is 2.72. The van der Waals surface area contributed by atoms with Crippen LogP contribution in [0.25, 0.3) is 11.0 Å². The lowest BCUT2D eigenvalue weighted by atomic mass is 10.3. The first-order chi connectivity index (χ1) is 11.3. The Morgan fingerprint density at radius 2 is 2.17 bits per heavy atom. The second kappa shape index (κ2) is 7.28. The zero-order valence-electron chi connectivity index (χ0n) is 13.3. The van der Waals surface area contributed by atoms with E-state index in [0.717, 1.165) is 49.6 Å². The number of aromatic nitrogens is 2. The topological polar surface area (TPSA) is 64.3 Å². The summed E-state index contributed by atoms with van der Waals surface area (Å²) in [5.41, 5.74) is 2.06. The van der Waals surface area contributed by atoms with E-state index in [1.54, 1.807) is 6.08 Å². The van der Waals surface area contributed by atoms with Crippen molar-refractivity contribution in [3.05, 3.63) is 36.9 Å². The van der Waals surface area contributed by atoms with E-state index >= 15 is 0 Å². The summed E-state index contributed by atoms with van der Waals surface area (Å²) in [6, 6.07) is 8.07. The molecule has 6 nitrogen and oxygen atoms in total. The predicted molar refractivity (Wildman–Crippen MR) is 92.6 cm³/mol. The number of nitrogens with zero attached hydrogens (tertiary/aromatic N) is 3. The minimum atomic E-state index is 0.0575. The lowest BCUT2D eigenvalue weighted by molar-refractivity contribution is -0.122. The molecule has 122 valence electrons. The average Bonchev–Trinajstić information content (AvgIpc) is 2.86. The Morgan fingerprint density at radius 1 is 1.30 bits per heavy atom. The number of H-pyrrole nitrogens is 1. The van der Waals surface area contributed by atoms with Crippen LogP contribution in [0.3, 0.4) is 0 Å². The van der Waals surface area contributed by atoms with Crippen molar-refractivity contribution in [2.45, 2.75) is 6.42 Å². The number of carbonyl (C=O) groups excluding carboxylic acids is 1. The van der Waals surface area contributed by atoms with Gasteiger partial charge in [0.2, 0.25) is 11.9 Å². The maximum Gasteiger partial charge on any atom is 0.234 e. The summed E-state index contributed by atoms with van der Waals surface area (Å²) in [5.74, 6) is 0.978. The van der Waals surface area contributed by atoms with Crippen LogP contribution in [0.2, 0.25) is 0 Å². The molecule has 1 aliphatic rings. The van der Waals surface area contributed by atoms with Gasteiger partial charge in [-0.25, -0.2) is 4.98 Å². The van der Waals surface area contributed by atoms with Gasteiger partial charge in [0.15, 0.2) is 0 Å². The van der Waals surface area contributed by atoms with Crippen molar-refractivity contribution >= 4 is 22.9 Å². The highest BCUT2D eigenvalue weighted by molar-refractivity contribution is 5.78. The molecule has 0 atom stereocenters. The average molecular weight is 313 g/mol. The number of rotatable bonds is 5. The zero-order valence-corrected chi connectivity index (χ0v) is 13.3. The Labute approximate surface area is 136 Å². The van der Waals surface area contributed by atoms with Gasteiger partial charge in [-0.15, -0.1) is 6.58 Å². The molecular formula is C17H23N5O. The van der Waals surface area contributed by atoms with Crippen LogP contribution in [0.4, 0.5) is 5.95 Å². The quantitative estimate of drug-likeness (QED) is 0.819. The van der Waals surface area contributed by atoms with Crippen molar-refractivity contribution in [3.8, 4) is 0 Å². The van der Waals surface area contributed by atoms with Crippen LogP contribution in [0, 0.1) is 0 Å². The summed E-state index contributed by atoms with van der Waals surface area (Å²) in [6.45, 7) is 8.19. The molecular weight excluding hydrogens is 290 g/mol. The fraction of sp³-hybridized carbons (Fsp3) is 0.412. The van der Waals surface area contributed by atoms with Crippen molar-refractivity contribution < 1.29 is 4.79 Å². The number of imidazole rings is 1. The Hall–Kier alpha value is -2.34. The second-order valence-corrected chi connectivity index (χ2v) is 5.79. The van der Waals surface area contributed by atoms with E-state index in [2.05, 4.69) is 31.7 Å². The number of para-hydroxylation sites is 2. The number of fused-ring (bicyclic) bond motifs is 1. The van der Waals surface area contributed by atoms with Crippen LogP contribution in [-0.4, -0.2) is 60.0 Å². The number of anilines is 1. The van der Waals surface area contributed by atoms with Crippen molar-refractivity contribution in [1.29, 1.82) is 0 Å².